The molecule has 1 saturated carbocycles. The molecule has 0 bridgehead atoms. The molecule has 1 aliphatic carbocycles. The number of amides is 2. The van der Waals surface area contributed by atoms with Crippen LogP contribution in [0, 0.1) is 18.8 Å². The molecule has 2 aromatic rings. The molecule has 2 aliphatic rings. The van der Waals surface area contributed by atoms with Crippen molar-refractivity contribution >= 4 is 23.2 Å². The highest BCUT2D eigenvalue weighted by Gasteiger charge is 2.50. The number of para-hydroxylation sites is 1. The van der Waals surface area contributed by atoms with Crippen LogP contribution in [0.2, 0.25) is 0 Å². The summed E-state index contributed by atoms with van der Waals surface area (Å²) in [7, 11) is 0. The molecule has 0 saturated heterocycles. The van der Waals surface area contributed by atoms with Crippen molar-refractivity contribution in [2.75, 3.05) is 16.8 Å². The summed E-state index contributed by atoms with van der Waals surface area (Å²) in [6, 6.07) is 15.8. The second-order valence-corrected chi connectivity index (χ2v) is 7.03. The molecule has 0 spiro atoms. The number of nitrogens with zero attached hydrogens (tertiary/aromatic N) is 1. The molecule has 128 valence electrons. The van der Waals surface area contributed by atoms with Crippen molar-refractivity contribution < 1.29 is 9.59 Å². The van der Waals surface area contributed by atoms with Gasteiger partial charge < -0.3 is 10.2 Å². The molecular formula is C21H22N2O2. The van der Waals surface area contributed by atoms with Gasteiger partial charge in [-0.3, -0.25) is 9.59 Å². The Balaban J connectivity index is 1.43. The largest absolute Gasteiger partial charge is 0.326 e. The number of carbonyl (C=O) groups excluding carboxylic acids is 2. The normalized spacial score (nSPS) is 21.4. The lowest BCUT2D eigenvalue weighted by Crippen LogP contribution is -2.37. The van der Waals surface area contributed by atoms with Gasteiger partial charge >= 0.3 is 0 Å². The number of carbonyl (C=O) groups is 2. The van der Waals surface area contributed by atoms with Crippen LogP contribution in [0.4, 0.5) is 11.4 Å². The Kier molecular flexibility index (Phi) is 4.04. The van der Waals surface area contributed by atoms with Crippen molar-refractivity contribution in [2.45, 2.75) is 26.2 Å². The van der Waals surface area contributed by atoms with Gasteiger partial charge in [-0.2, -0.15) is 0 Å². The Morgan fingerprint density at radius 3 is 2.76 bits per heavy atom. The number of aryl methyl sites for hydroxylation is 2. The van der Waals surface area contributed by atoms with Gasteiger partial charge in [0.1, 0.15) is 0 Å². The highest BCUT2D eigenvalue weighted by Crippen LogP contribution is 2.42. The zero-order valence-corrected chi connectivity index (χ0v) is 14.4. The molecule has 4 heteroatoms. The van der Waals surface area contributed by atoms with Crippen molar-refractivity contribution in [3.63, 3.8) is 0 Å². The molecule has 1 aliphatic heterocycles. The molecule has 2 atom stereocenters. The maximum absolute atomic E-state index is 12.9. The van der Waals surface area contributed by atoms with Gasteiger partial charge in [0.2, 0.25) is 11.8 Å². The molecule has 2 aromatic carbocycles. The van der Waals surface area contributed by atoms with Crippen LogP contribution in [0.3, 0.4) is 0 Å². The van der Waals surface area contributed by atoms with Crippen molar-refractivity contribution in [1.29, 1.82) is 0 Å². The van der Waals surface area contributed by atoms with Crippen LogP contribution in [0.1, 0.15) is 24.0 Å². The van der Waals surface area contributed by atoms with E-state index in [1.807, 2.05) is 54.3 Å². The van der Waals surface area contributed by atoms with Crippen LogP contribution in [-0.4, -0.2) is 18.4 Å². The van der Waals surface area contributed by atoms with E-state index in [2.05, 4.69) is 11.4 Å². The Morgan fingerprint density at radius 1 is 1.08 bits per heavy atom. The van der Waals surface area contributed by atoms with Crippen LogP contribution < -0.4 is 10.2 Å². The first-order chi connectivity index (χ1) is 12.1. The smallest absolute Gasteiger partial charge is 0.230 e. The highest BCUT2D eigenvalue weighted by molar-refractivity contribution is 6.04. The van der Waals surface area contributed by atoms with Gasteiger partial charge in [0, 0.05) is 17.9 Å². The van der Waals surface area contributed by atoms with Gasteiger partial charge in [-0.05, 0) is 55.5 Å². The van der Waals surface area contributed by atoms with Crippen LogP contribution in [0.15, 0.2) is 48.5 Å². The molecule has 2 amide bonds. The number of hydrogen-bond donors (Lipinski definition) is 1. The third-order valence-electron chi connectivity index (χ3n) is 5.11. The van der Waals surface area contributed by atoms with E-state index in [9.17, 15) is 9.59 Å². The quantitative estimate of drug-likeness (QED) is 0.933. The first-order valence-corrected chi connectivity index (χ1v) is 8.90. The van der Waals surface area contributed by atoms with Crippen LogP contribution >= 0.6 is 0 Å². The monoisotopic (exact) mass is 334 g/mol. The van der Waals surface area contributed by atoms with Crippen molar-refractivity contribution in [3.05, 3.63) is 59.7 Å². The topological polar surface area (TPSA) is 49.4 Å². The fourth-order valence-corrected chi connectivity index (χ4v) is 3.68. The minimum atomic E-state index is -0.206. The van der Waals surface area contributed by atoms with Crippen molar-refractivity contribution in [3.8, 4) is 0 Å². The zero-order chi connectivity index (χ0) is 17.4. The Hall–Kier alpha value is -2.62. The summed E-state index contributed by atoms with van der Waals surface area (Å²) in [5.41, 5.74) is 4.14. The first kappa shape index (κ1) is 15.9. The summed E-state index contributed by atoms with van der Waals surface area (Å²) in [6.45, 7) is 2.74. The first-order valence-electron chi connectivity index (χ1n) is 8.90. The number of fused-ring (bicyclic) bond motifs is 1. The average molecular weight is 334 g/mol. The molecule has 4 rings (SSSR count). The van der Waals surface area contributed by atoms with Gasteiger partial charge in [-0.25, -0.2) is 0 Å². The third-order valence-corrected chi connectivity index (χ3v) is 5.11. The summed E-state index contributed by atoms with van der Waals surface area (Å²) >= 11 is 0. The highest BCUT2D eigenvalue weighted by atomic mass is 16.2. The molecule has 1 heterocycles. The van der Waals surface area contributed by atoms with Crippen molar-refractivity contribution in [1.82, 2.24) is 0 Å². The Bertz CT molecular complexity index is 830. The Labute approximate surface area is 147 Å². The minimum absolute atomic E-state index is 0.0470. The van der Waals surface area contributed by atoms with Gasteiger partial charge in [0.15, 0.2) is 0 Å². The second-order valence-electron chi connectivity index (χ2n) is 7.03. The molecule has 2 unspecified atom stereocenters. The van der Waals surface area contributed by atoms with Gasteiger partial charge in [-0.1, -0.05) is 30.3 Å². The van der Waals surface area contributed by atoms with E-state index in [0.717, 1.165) is 36.3 Å². The molecule has 1 N–H and O–H groups in total. The van der Waals surface area contributed by atoms with E-state index in [1.54, 1.807) is 0 Å². The number of anilines is 2. The summed E-state index contributed by atoms with van der Waals surface area (Å²) in [5, 5.41) is 2.94. The predicted molar refractivity (Wildman–Crippen MR) is 98.5 cm³/mol. The summed E-state index contributed by atoms with van der Waals surface area (Å²) in [5.74, 6) is -0.344. The maximum Gasteiger partial charge on any atom is 0.230 e. The molecular weight excluding hydrogens is 312 g/mol. The van der Waals surface area contributed by atoms with E-state index < -0.39 is 0 Å². The van der Waals surface area contributed by atoms with Crippen LogP contribution in [0.25, 0.3) is 0 Å². The summed E-state index contributed by atoms with van der Waals surface area (Å²) < 4.78 is 0. The van der Waals surface area contributed by atoms with Gasteiger partial charge in [-0.15, -0.1) is 0 Å². The number of nitrogens with one attached hydrogen (secondary N) is 1. The molecule has 0 radical (unpaired) electrons. The summed E-state index contributed by atoms with van der Waals surface area (Å²) in [4.78, 5) is 27.2. The molecule has 0 aromatic heterocycles. The lowest BCUT2D eigenvalue weighted by Gasteiger charge is -2.29. The van der Waals surface area contributed by atoms with E-state index in [-0.39, 0.29) is 23.7 Å². The van der Waals surface area contributed by atoms with Crippen LogP contribution in [-0.2, 0) is 16.0 Å². The van der Waals surface area contributed by atoms with Crippen LogP contribution in [0.5, 0.6) is 0 Å². The fourth-order valence-electron chi connectivity index (χ4n) is 3.68. The minimum Gasteiger partial charge on any atom is -0.326 e. The van der Waals surface area contributed by atoms with E-state index in [1.165, 1.54) is 5.56 Å². The maximum atomic E-state index is 12.9. The summed E-state index contributed by atoms with van der Waals surface area (Å²) in [6.07, 6.45) is 2.65. The van der Waals surface area contributed by atoms with E-state index in [4.69, 9.17) is 0 Å². The number of hydrogen-bond acceptors (Lipinski definition) is 2. The van der Waals surface area contributed by atoms with E-state index >= 15 is 0 Å². The SMILES string of the molecule is Cc1cccc(NC(=O)C2CC2C(=O)N2CCCc3ccccc32)c1. The average Bonchev–Trinajstić information content (AvgIpc) is 3.41. The lowest BCUT2D eigenvalue weighted by molar-refractivity contribution is -0.123. The standard InChI is InChI=1S/C21H22N2O2/c1-14-6-4-9-16(12-14)22-20(24)17-13-18(17)21(25)23-11-5-8-15-7-2-3-10-19(15)23/h2-4,6-7,9-10,12,17-18H,5,8,11,13H2,1H3,(H,22,24). The zero-order valence-electron chi connectivity index (χ0n) is 14.4. The number of benzene rings is 2. The van der Waals surface area contributed by atoms with Crippen molar-refractivity contribution in [2.24, 2.45) is 11.8 Å². The molecule has 1 fully saturated rings. The second kappa shape index (κ2) is 6.36. The number of rotatable bonds is 3. The van der Waals surface area contributed by atoms with Gasteiger partial charge in [0.05, 0.1) is 11.8 Å². The Morgan fingerprint density at radius 2 is 1.92 bits per heavy atom. The van der Waals surface area contributed by atoms with Gasteiger partial charge in [0.25, 0.3) is 0 Å². The predicted octanol–water partition coefficient (Wildman–Crippen LogP) is 3.55. The lowest BCUT2D eigenvalue weighted by atomic mass is 10.0. The van der Waals surface area contributed by atoms with E-state index in [0.29, 0.717) is 6.42 Å². The third kappa shape index (κ3) is 3.16. The fraction of sp³-hybridized carbons (Fsp3) is 0.333. The molecule has 25 heavy (non-hydrogen) atoms. The molecule has 4 nitrogen and oxygen atoms in total.